The molecule has 0 aromatic carbocycles. The van der Waals surface area contributed by atoms with Gasteiger partial charge in [-0.25, -0.2) is 0 Å². The van der Waals surface area contributed by atoms with Crippen molar-refractivity contribution in [3.63, 3.8) is 0 Å². The van der Waals surface area contributed by atoms with Gasteiger partial charge in [0.25, 0.3) is 0 Å². The second-order valence-electron chi connectivity index (χ2n) is 3.74. The lowest BCUT2D eigenvalue weighted by Crippen LogP contribution is -2.36. The molecule has 1 fully saturated rings. The van der Waals surface area contributed by atoms with Gasteiger partial charge in [-0.1, -0.05) is 0 Å². The highest BCUT2D eigenvalue weighted by atomic mass is 32.2. The SMILES string of the molecule is CNCCC(C)N1CCCSCC1. The third kappa shape index (κ3) is 4.34. The van der Waals surface area contributed by atoms with Crippen LogP contribution in [0.3, 0.4) is 0 Å². The second kappa shape index (κ2) is 6.68. The molecule has 1 aliphatic rings. The van der Waals surface area contributed by atoms with Gasteiger partial charge in [0.15, 0.2) is 0 Å². The summed E-state index contributed by atoms with van der Waals surface area (Å²) in [6.07, 6.45) is 2.65. The Kier molecular flexibility index (Phi) is 5.83. The number of hydrogen-bond acceptors (Lipinski definition) is 3. The molecular formula is C10H22N2S. The molecule has 0 saturated carbocycles. The predicted molar refractivity (Wildman–Crippen MR) is 61.5 cm³/mol. The van der Waals surface area contributed by atoms with E-state index in [-0.39, 0.29) is 0 Å². The first-order chi connectivity index (χ1) is 6.34. The van der Waals surface area contributed by atoms with Crippen LogP contribution in [-0.4, -0.2) is 49.1 Å². The fraction of sp³-hybridized carbons (Fsp3) is 1.00. The van der Waals surface area contributed by atoms with E-state index >= 15 is 0 Å². The van der Waals surface area contributed by atoms with Crippen molar-refractivity contribution >= 4 is 11.8 Å². The third-order valence-electron chi connectivity index (χ3n) is 2.69. The summed E-state index contributed by atoms with van der Waals surface area (Å²) in [4.78, 5) is 2.64. The molecule has 78 valence electrons. The van der Waals surface area contributed by atoms with Gasteiger partial charge < -0.3 is 5.32 Å². The van der Waals surface area contributed by atoms with Crippen molar-refractivity contribution in [1.29, 1.82) is 0 Å². The molecule has 1 saturated heterocycles. The van der Waals surface area contributed by atoms with Crippen LogP contribution in [0.2, 0.25) is 0 Å². The highest BCUT2D eigenvalue weighted by Gasteiger charge is 2.14. The molecule has 3 heteroatoms. The van der Waals surface area contributed by atoms with Crippen molar-refractivity contribution < 1.29 is 0 Å². The Balaban J connectivity index is 2.22. The molecule has 2 nitrogen and oxygen atoms in total. The van der Waals surface area contributed by atoms with E-state index in [2.05, 4.69) is 28.9 Å². The molecule has 0 spiro atoms. The maximum atomic E-state index is 3.22. The predicted octanol–water partition coefficient (Wildman–Crippen LogP) is 1.42. The number of nitrogens with one attached hydrogen (secondary N) is 1. The Morgan fingerprint density at radius 3 is 3.00 bits per heavy atom. The summed E-state index contributed by atoms with van der Waals surface area (Å²) in [6.45, 7) is 6.09. The van der Waals surface area contributed by atoms with Gasteiger partial charge in [0.2, 0.25) is 0 Å². The Morgan fingerprint density at radius 2 is 2.23 bits per heavy atom. The van der Waals surface area contributed by atoms with Gasteiger partial charge in [-0.2, -0.15) is 11.8 Å². The molecule has 13 heavy (non-hydrogen) atoms. The van der Waals surface area contributed by atoms with Gasteiger partial charge in [0, 0.05) is 18.3 Å². The number of rotatable bonds is 4. The van der Waals surface area contributed by atoms with Gasteiger partial charge in [0.1, 0.15) is 0 Å². The van der Waals surface area contributed by atoms with Crippen LogP contribution in [0.1, 0.15) is 19.8 Å². The van der Waals surface area contributed by atoms with E-state index in [1.54, 1.807) is 0 Å². The van der Waals surface area contributed by atoms with Crippen molar-refractivity contribution in [2.24, 2.45) is 0 Å². The molecule has 0 amide bonds. The lowest BCUT2D eigenvalue weighted by molar-refractivity contribution is 0.215. The summed E-state index contributed by atoms with van der Waals surface area (Å²) >= 11 is 2.10. The molecule has 0 aliphatic carbocycles. The monoisotopic (exact) mass is 202 g/mol. The zero-order chi connectivity index (χ0) is 9.52. The molecule has 1 N–H and O–H groups in total. The van der Waals surface area contributed by atoms with Crippen LogP contribution in [0.15, 0.2) is 0 Å². The Hall–Kier alpha value is 0.270. The fourth-order valence-corrected chi connectivity index (χ4v) is 2.64. The summed E-state index contributed by atoms with van der Waals surface area (Å²) < 4.78 is 0. The van der Waals surface area contributed by atoms with Crippen molar-refractivity contribution in [1.82, 2.24) is 10.2 Å². The number of nitrogens with zero attached hydrogens (tertiary/aromatic N) is 1. The number of thioether (sulfide) groups is 1. The second-order valence-corrected chi connectivity index (χ2v) is 4.97. The molecule has 1 rings (SSSR count). The van der Waals surface area contributed by atoms with E-state index in [0.717, 1.165) is 12.6 Å². The topological polar surface area (TPSA) is 15.3 Å². The Bertz CT molecular complexity index is 122. The van der Waals surface area contributed by atoms with Crippen molar-refractivity contribution in [3.05, 3.63) is 0 Å². The van der Waals surface area contributed by atoms with Crippen LogP contribution in [0, 0.1) is 0 Å². The van der Waals surface area contributed by atoms with Crippen molar-refractivity contribution in [3.8, 4) is 0 Å². The Morgan fingerprint density at radius 1 is 1.38 bits per heavy atom. The van der Waals surface area contributed by atoms with E-state index in [9.17, 15) is 0 Å². The van der Waals surface area contributed by atoms with E-state index < -0.39 is 0 Å². The average molecular weight is 202 g/mol. The third-order valence-corrected chi connectivity index (χ3v) is 3.74. The fourth-order valence-electron chi connectivity index (χ4n) is 1.74. The van der Waals surface area contributed by atoms with E-state index in [1.807, 2.05) is 7.05 Å². The minimum absolute atomic E-state index is 0.756. The molecule has 0 aromatic rings. The summed E-state index contributed by atoms with van der Waals surface area (Å²) in [5, 5.41) is 3.22. The summed E-state index contributed by atoms with van der Waals surface area (Å²) in [5.41, 5.74) is 0. The lowest BCUT2D eigenvalue weighted by atomic mass is 10.2. The van der Waals surface area contributed by atoms with Crippen LogP contribution in [0.4, 0.5) is 0 Å². The summed E-state index contributed by atoms with van der Waals surface area (Å²) in [5.74, 6) is 2.68. The molecule has 1 unspecified atom stereocenters. The standard InChI is InChI=1S/C10H22N2S/c1-10(4-5-11-2)12-6-3-8-13-9-7-12/h10-11H,3-9H2,1-2H3. The average Bonchev–Trinajstić information content (AvgIpc) is 2.42. The molecule has 1 atom stereocenters. The first-order valence-corrected chi connectivity index (χ1v) is 6.46. The van der Waals surface area contributed by atoms with Gasteiger partial charge in [-0.05, 0) is 45.7 Å². The van der Waals surface area contributed by atoms with Crippen LogP contribution in [-0.2, 0) is 0 Å². The Labute approximate surface area is 86.5 Å². The van der Waals surface area contributed by atoms with Crippen LogP contribution in [0.25, 0.3) is 0 Å². The quantitative estimate of drug-likeness (QED) is 0.742. The van der Waals surface area contributed by atoms with Gasteiger partial charge in [-0.15, -0.1) is 0 Å². The van der Waals surface area contributed by atoms with Crippen molar-refractivity contribution in [2.45, 2.75) is 25.8 Å². The molecule has 1 heterocycles. The maximum Gasteiger partial charge on any atom is 0.00793 e. The minimum Gasteiger partial charge on any atom is -0.320 e. The highest BCUT2D eigenvalue weighted by molar-refractivity contribution is 7.99. The lowest BCUT2D eigenvalue weighted by Gasteiger charge is -2.27. The van der Waals surface area contributed by atoms with Gasteiger partial charge in [0.05, 0.1) is 0 Å². The summed E-state index contributed by atoms with van der Waals surface area (Å²) in [6, 6.07) is 0.756. The minimum atomic E-state index is 0.756. The van der Waals surface area contributed by atoms with Crippen molar-refractivity contribution in [2.75, 3.05) is 38.2 Å². The van der Waals surface area contributed by atoms with Gasteiger partial charge >= 0.3 is 0 Å². The first kappa shape index (κ1) is 11.3. The normalized spacial score (nSPS) is 22.6. The highest BCUT2D eigenvalue weighted by Crippen LogP contribution is 2.13. The summed E-state index contributed by atoms with van der Waals surface area (Å²) in [7, 11) is 2.03. The van der Waals surface area contributed by atoms with E-state index in [1.165, 1.54) is 37.4 Å². The van der Waals surface area contributed by atoms with E-state index in [0.29, 0.717) is 0 Å². The zero-order valence-corrected chi connectivity index (χ0v) is 9.70. The largest absolute Gasteiger partial charge is 0.320 e. The maximum absolute atomic E-state index is 3.22. The van der Waals surface area contributed by atoms with Crippen LogP contribution >= 0.6 is 11.8 Å². The molecular weight excluding hydrogens is 180 g/mol. The zero-order valence-electron chi connectivity index (χ0n) is 8.88. The molecule has 0 radical (unpaired) electrons. The van der Waals surface area contributed by atoms with Gasteiger partial charge in [-0.3, -0.25) is 4.90 Å². The van der Waals surface area contributed by atoms with Crippen LogP contribution < -0.4 is 5.32 Å². The van der Waals surface area contributed by atoms with E-state index in [4.69, 9.17) is 0 Å². The van der Waals surface area contributed by atoms with Crippen LogP contribution in [0.5, 0.6) is 0 Å². The molecule has 0 aromatic heterocycles. The number of hydrogen-bond donors (Lipinski definition) is 1. The molecule has 0 bridgehead atoms. The molecule has 1 aliphatic heterocycles. The first-order valence-electron chi connectivity index (χ1n) is 5.31. The smallest absolute Gasteiger partial charge is 0.00793 e.